The van der Waals surface area contributed by atoms with Crippen LogP contribution in [0.3, 0.4) is 0 Å². The molecular formula is C15H17N3O2. The summed E-state index contributed by atoms with van der Waals surface area (Å²) in [7, 11) is 0. The lowest BCUT2D eigenvalue weighted by Crippen LogP contribution is -2.36. The van der Waals surface area contributed by atoms with Crippen molar-refractivity contribution in [3.05, 3.63) is 36.2 Å². The van der Waals surface area contributed by atoms with Gasteiger partial charge in [0.1, 0.15) is 0 Å². The fourth-order valence-electron chi connectivity index (χ4n) is 2.64. The quantitative estimate of drug-likeness (QED) is 0.924. The van der Waals surface area contributed by atoms with E-state index in [0.717, 1.165) is 49.2 Å². The summed E-state index contributed by atoms with van der Waals surface area (Å²) in [6.45, 7) is 2.36. The molecule has 0 aliphatic carbocycles. The molecule has 0 saturated carbocycles. The molecule has 2 aromatic rings. The number of piperidine rings is 1. The fraction of sp³-hybridized carbons (Fsp3) is 0.400. The van der Waals surface area contributed by atoms with Crippen LogP contribution in [0.4, 0.5) is 0 Å². The number of carbonyl (C=O) groups is 1. The standard InChI is InChI=1S/C15H17N3O2/c19-15(20)11-5-7-18(8-6-11)10-12-9-16-13-3-1-2-4-14(13)17-12/h1-4,9,11H,5-8,10H2,(H,19,20). The monoisotopic (exact) mass is 271 g/mol. The van der Waals surface area contributed by atoms with Crippen molar-refractivity contribution in [2.45, 2.75) is 19.4 Å². The number of rotatable bonds is 3. The Bertz CT molecular complexity index is 621. The molecule has 0 atom stereocenters. The number of fused-ring (bicyclic) bond motifs is 1. The van der Waals surface area contributed by atoms with Crippen LogP contribution in [-0.4, -0.2) is 39.0 Å². The van der Waals surface area contributed by atoms with E-state index in [2.05, 4.69) is 14.9 Å². The lowest BCUT2D eigenvalue weighted by molar-refractivity contribution is -0.143. The molecule has 0 bridgehead atoms. The Labute approximate surface area is 117 Å². The molecule has 0 spiro atoms. The number of aromatic nitrogens is 2. The molecule has 0 amide bonds. The van der Waals surface area contributed by atoms with E-state index in [1.54, 1.807) is 0 Å². The van der Waals surface area contributed by atoms with Crippen molar-refractivity contribution >= 4 is 17.0 Å². The van der Waals surface area contributed by atoms with Crippen LogP contribution in [0.15, 0.2) is 30.5 Å². The molecule has 20 heavy (non-hydrogen) atoms. The summed E-state index contributed by atoms with van der Waals surface area (Å²) in [6.07, 6.45) is 3.25. The van der Waals surface area contributed by atoms with Gasteiger partial charge in [0.05, 0.1) is 28.8 Å². The number of carboxylic acid groups (broad SMARTS) is 1. The lowest BCUT2D eigenvalue weighted by Gasteiger charge is -2.29. The van der Waals surface area contributed by atoms with Gasteiger partial charge in [-0.25, -0.2) is 4.98 Å². The van der Waals surface area contributed by atoms with Gasteiger partial charge in [-0.3, -0.25) is 14.7 Å². The molecule has 3 rings (SSSR count). The average Bonchev–Trinajstić information content (AvgIpc) is 2.48. The van der Waals surface area contributed by atoms with Gasteiger partial charge in [0.2, 0.25) is 0 Å². The molecule has 1 aromatic carbocycles. The molecule has 5 heteroatoms. The van der Waals surface area contributed by atoms with Gasteiger partial charge in [0.15, 0.2) is 0 Å². The summed E-state index contributed by atoms with van der Waals surface area (Å²) in [5.41, 5.74) is 2.75. The number of likely N-dealkylation sites (tertiary alicyclic amines) is 1. The minimum absolute atomic E-state index is 0.186. The van der Waals surface area contributed by atoms with Gasteiger partial charge in [-0.2, -0.15) is 0 Å². The second-order valence-electron chi connectivity index (χ2n) is 5.24. The number of hydrogen-bond donors (Lipinski definition) is 1. The Morgan fingerprint density at radius 2 is 1.95 bits per heavy atom. The van der Waals surface area contributed by atoms with Gasteiger partial charge in [0.25, 0.3) is 0 Å². The SMILES string of the molecule is O=C(O)C1CCN(Cc2cnc3ccccc3n2)CC1. The zero-order valence-corrected chi connectivity index (χ0v) is 11.2. The normalized spacial score (nSPS) is 17.4. The second kappa shape index (κ2) is 5.54. The third kappa shape index (κ3) is 2.77. The van der Waals surface area contributed by atoms with Crippen molar-refractivity contribution in [3.63, 3.8) is 0 Å². The van der Waals surface area contributed by atoms with Crippen LogP contribution in [-0.2, 0) is 11.3 Å². The summed E-state index contributed by atoms with van der Waals surface area (Å²) in [5.74, 6) is -0.857. The first-order valence-corrected chi connectivity index (χ1v) is 6.88. The third-order valence-corrected chi connectivity index (χ3v) is 3.82. The average molecular weight is 271 g/mol. The number of carboxylic acids is 1. The molecule has 1 fully saturated rings. The van der Waals surface area contributed by atoms with Crippen LogP contribution in [0, 0.1) is 5.92 Å². The minimum atomic E-state index is -0.671. The summed E-state index contributed by atoms with van der Waals surface area (Å²) in [6, 6.07) is 7.82. The van der Waals surface area contributed by atoms with Gasteiger partial charge in [-0.1, -0.05) is 12.1 Å². The summed E-state index contributed by atoms with van der Waals surface area (Å²) >= 11 is 0. The van der Waals surface area contributed by atoms with Crippen LogP contribution in [0.1, 0.15) is 18.5 Å². The Kier molecular flexibility index (Phi) is 3.60. The minimum Gasteiger partial charge on any atom is -0.481 e. The highest BCUT2D eigenvalue weighted by atomic mass is 16.4. The topological polar surface area (TPSA) is 66.3 Å². The fourth-order valence-corrected chi connectivity index (χ4v) is 2.64. The first-order valence-electron chi connectivity index (χ1n) is 6.88. The molecule has 0 unspecified atom stereocenters. The smallest absolute Gasteiger partial charge is 0.306 e. The van der Waals surface area contributed by atoms with E-state index in [-0.39, 0.29) is 5.92 Å². The molecule has 1 N–H and O–H groups in total. The highest BCUT2D eigenvalue weighted by Gasteiger charge is 2.24. The maximum absolute atomic E-state index is 10.9. The van der Waals surface area contributed by atoms with Gasteiger partial charge in [-0.15, -0.1) is 0 Å². The maximum atomic E-state index is 10.9. The lowest BCUT2D eigenvalue weighted by atomic mass is 9.97. The molecule has 1 aromatic heterocycles. The highest BCUT2D eigenvalue weighted by Crippen LogP contribution is 2.19. The molecular weight excluding hydrogens is 254 g/mol. The van der Waals surface area contributed by atoms with Crippen LogP contribution in [0.2, 0.25) is 0 Å². The van der Waals surface area contributed by atoms with E-state index >= 15 is 0 Å². The van der Waals surface area contributed by atoms with Crippen molar-refractivity contribution in [2.24, 2.45) is 5.92 Å². The molecule has 0 radical (unpaired) electrons. The predicted octanol–water partition coefficient (Wildman–Crippen LogP) is 1.93. The van der Waals surface area contributed by atoms with E-state index in [0.29, 0.717) is 0 Å². The van der Waals surface area contributed by atoms with Crippen LogP contribution >= 0.6 is 0 Å². The van der Waals surface area contributed by atoms with Crippen LogP contribution in [0.25, 0.3) is 11.0 Å². The number of nitrogens with zero attached hydrogens (tertiary/aromatic N) is 3. The summed E-state index contributed by atoms with van der Waals surface area (Å²) in [4.78, 5) is 22.2. The van der Waals surface area contributed by atoms with E-state index in [9.17, 15) is 4.79 Å². The number of aliphatic carboxylic acids is 1. The molecule has 1 aliphatic rings. The third-order valence-electron chi connectivity index (χ3n) is 3.82. The molecule has 1 saturated heterocycles. The Hall–Kier alpha value is -2.01. The Morgan fingerprint density at radius 3 is 2.65 bits per heavy atom. The van der Waals surface area contributed by atoms with E-state index in [1.165, 1.54) is 0 Å². The van der Waals surface area contributed by atoms with Gasteiger partial charge in [-0.05, 0) is 38.1 Å². The maximum Gasteiger partial charge on any atom is 0.306 e. The number of benzene rings is 1. The number of hydrogen-bond acceptors (Lipinski definition) is 4. The van der Waals surface area contributed by atoms with Crippen LogP contribution < -0.4 is 0 Å². The number of para-hydroxylation sites is 2. The van der Waals surface area contributed by atoms with Crippen molar-refractivity contribution in [1.82, 2.24) is 14.9 Å². The predicted molar refractivity (Wildman–Crippen MR) is 75.2 cm³/mol. The Balaban J connectivity index is 1.66. The van der Waals surface area contributed by atoms with Gasteiger partial charge in [0, 0.05) is 6.54 Å². The largest absolute Gasteiger partial charge is 0.481 e. The van der Waals surface area contributed by atoms with E-state index in [4.69, 9.17) is 5.11 Å². The molecule has 1 aliphatic heterocycles. The van der Waals surface area contributed by atoms with Gasteiger partial charge >= 0.3 is 5.97 Å². The molecule has 104 valence electrons. The summed E-state index contributed by atoms with van der Waals surface area (Å²) in [5, 5.41) is 8.99. The van der Waals surface area contributed by atoms with E-state index in [1.807, 2.05) is 30.5 Å². The Morgan fingerprint density at radius 1 is 1.25 bits per heavy atom. The zero-order chi connectivity index (χ0) is 13.9. The van der Waals surface area contributed by atoms with Crippen molar-refractivity contribution in [2.75, 3.05) is 13.1 Å². The second-order valence-corrected chi connectivity index (χ2v) is 5.24. The van der Waals surface area contributed by atoms with Gasteiger partial charge < -0.3 is 5.11 Å². The molecule has 2 heterocycles. The molecule has 5 nitrogen and oxygen atoms in total. The summed E-state index contributed by atoms with van der Waals surface area (Å²) < 4.78 is 0. The zero-order valence-electron chi connectivity index (χ0n) is 11.2. The van der Waals surface area contributed by atoms with Crippen molar-refractivity contribution in [3.8, 4) is 0 Å². The highest BCUT2D eigenvalue weighted by molar-refractivity contribution is 5.73. The van der Waals surface area contributed by atoms with Crippen molar-refractivity contribution in [1.29, 1.82) is 0 Å². The van der Waals surface area contributed by atoms with E-state index < -0.39 is 5.97 Å². The van der Waals surface area contributed by atoms with Crippen LogP contribution in [0.5, 0.6) is 0 Å². The first-order chi connectivity index (χ1) is 9.72. The van der Waals surface area contributed by atoms with Crippen molar-refractivity contribution < 1.29 is 9.90 Å². The first kappa shape index (κ1) is 13.0.